The smallest absolute Gasteiger partial charge is 0.0541 e. The van der Waals surface area contributed by atoms with Crippen molar-refractivity contribution in [3.63, 3.8) is 0 Å². The highest BCUT2D eigenvalue weighted by molar-refractivity contribution is 6.14. The normalized spacial score (nSPS) is 11.6. The van der Waals surface area contributed by atoms with Gasteiger partial charge in [0, 0.05) is 16.5 Å². The molecular formula is C44H29N. The standard InChI is InChI=1S/C44H29N/c1-3-11-30(12-4-1)33-21-25-43-41(27-33)42-28-34(31-13-5-2-6-14-31)22-26-44(42)45(43)36-23-19-32(20-24-36)40-29-35-15-7-8-16-37(35)38-17-9-10-18-39(38)40/h1-29H. The van der Waals surface area contributed by atoms with Crippen LogP contribution in [-0.4, -0.2) is 4.57 Å². The molecule has 0 bridgehead atoms. The molecule has 0 aliphatic carbocycles. The maximum Gasteiger partial charge on any atom is 0.0541 e. The molecule has 1 aromatic heterocycles. The SMILES string of the molecule is c1ccc(-c2ccc3c(c2)c2cc(-c4ccccc4)ccc2n3-c2ccc(-c3cc4ccccc4c4ccccc34)cc2)cc1. The van der Waals surface area contributed by atoms with Crippen molar-refractivity contribution in [2.24, 2.45) is 0 Å². The van der Waals surface area contributed by atoms with Gasteiger partial charge in [0.2, 0.25) is 0 Å². The third kappa shape index (κ3) is 4.24. The molecule has 0 amide bonds. The van der Waals surface area contributed by atoms with Crippen LogP contribution in [0.2, 0.25) is 0 Å². The van der Waals surface area contributed by atoms with Crippen LogP contribution in [-0.2, 0) is 0 Å². The monoisotopic (exact) mass is 571 g/mol. The van der Waals surface area contributed by atoms with Gasteiger partial charge in [-0.15, -0.1) is 0 Å². The molecule has 0 aliphatic rings. The minimum Gasteiger partial charge on any atom is -0.309 e. The van der Waals surface area contributed by atoms with Crippen LogP contribution in [0.25, 0.3) is 82.4 Å². The van der Waals surface area contributed by atoms with Crippen molar-refractivity contribution >= 4 is 43.4 Å². The summed E-state index contributed by atoms with van der Waals surface area (Å²) in [6, 6.07) is 64.0. The highest BCUT2D eigenvalue weighted by Crippen LogP contribution is 2.39. The molecule has 0 aliphatic heterocycles. The van der Waals surface area contributed by atoms with Crippen molar-refractivity contribution in [1.82, 2.24) is 4.57 Å². The predicted molar refractivity (Wildman–Crippen MR) is 192 cm³/mol. The molecule has 0 unspecified atom stereocenters. The Labute approximate surface area is 262 Å². The lowest BCUT2D eigenvalue weighted by molar-refractivity contribution is 1.18. The summed E-state index contributed by atoms with van der Waals surface area (Å²) < 4.78 is 2.41. The largest absolute Gasteiger partial charge is 0.309 e. The van der Waals surface area contributed by atoms with Crippen LogP contribution in [0, 0.1) is 0 Å². The van der Waals surface area contributed by atoms with E-state index in [1.807, 2.05) is 0 Å². The average Bonchev–Trinajstić information content (AvgIpc) is 3.45. The van der Waals surface area contributed by atoms with Crippen LogP contribution in [0.4, 0.5) is 0 Å². The van der Waals surface area contributed by atoms with Crippen LogP contribution in [0.15, 0.2) is 176 Å². The molecular weight excluding hydrogens is 542 g/mol. The van der Waals surface area contributed by atoms with Crippen LogP contribution in [0.5, 0.6) is 0 Å². The van der Waals surface area contributed by atoms with Crippen LogP contribution < -0.4 is 0 Å². The summed E-state index contributed by atoms with van der Waals surface area (Å²) in [6.07, 6.45) is 0. The molecule has 45 heavy (non-hydrogen) atoms. The van der Waals surface area contributed by atoms with Crippen LogP contribution in [0.1, 0.15) is 0 Å². The summed E-state index contributed by atoms with van der Waals surface area (Å²) in [7, 11) is 0. The van der Waals surface area contributed by atoms with E-state index < -0.39 is 0 Å². The van der Waals surface area contributed by atoms with Gasteiger partial charge in [0.1, 0.15) is 0 Å². The second-order valence-corrected chi connectivity index (χ2v) is 11.8. The number of rotatable bonds is 4. The number of fused-ring (bicyclic) bond motifs is 6. The molecule has 1 heteroatoms. The zero-order valence-corrected chi connectivity index (χ0v) is 24.7. The van der Waals surface area contributed by atoms with E-state index in [0.29, 0.717) is 0 Å². The topological polar surface area (TPSA) is 4.93 Å². The third-order valence-electron chi connectivity index (χ3n) is 9.18. The lowest BCUT2D eigenvalue weighted by Gasteiger charge is -2.13. The Balaban J connectivity index is 1.23. The Morgan fingerprint density at radius 3 is 1.38 bits per heavy atom. The van der Waals surface area contributed by atoms with Gasteiger partial charge in [-0.25, -0.2) is 0 Å². The van der Waals surface area contributed by atoms with Gasteiger partial charge < -0.3 is 4.57 Å². The van der Waals surface area contributed by atoms with E-state index in [1.54, 1.807) is 0 Å². The highest BCUT2D eigenvalue weighted by Gasteiger charge is 2.15. The maximum atomic E-state index is 2.41. The molecule has 1 nitrogen and oxygen atoms in total. The van der Waals surface area contributed by atoms with Crippen molar-refractivity contribution in [3.05, 3.63) is 176 Å². The third-order valence-corrected chi connectivity index (χ3v) is 9.18. The van der Waals surface area contributed by atoms with Crippen molar-refractivity contribution in [2.75, 3.05) is 0 Å². The molecule has 0 radical (unpaired) electrons. The molecule has 0 N–H and O–H groups in total. The average molecular weight is 572 g/mol. The first-order chi connectivity index (χ1) is 22.3. The Hall–Kier alpha value is -5.92. The van der Waals surface area contributed by atoms with Crippen molar-refractivity contribution in [1.29, 1.82) is 0 Å². The van der Waals surface area contributed by atoms with Gasteiger partial charge in [-0.05, 0) is 97.4 Å². The second-order valence-electron chi connectivity index (χ2n) is 11.8. The van der Waals surface area contributed by atoms with Gasteiger partial charge in [0.05, 0.1) is 11.0 Å². The van der Waals surface area contributed by atoms with Gasteiger partial charge in [-0.3, -0.25) is 0 Å². The fourth-order valence-electron chi connectivity index (χ4n) is 7.00. The van der Waals surface area contributed by atoms with E-state index in [0.717, 1.165) is 5.69 Å². The van der Waals surface area contributed by atoms with Crippen molar-refractivity contribution < 1.29 is 0 Å². The zero-order valence-electron chi connectivity index (χ0n) is 24.7. The van der Waals surface area contributed by atoms with E-state index in [-0.39, 0.29) is 0 Å². The summed E-state index contributed by atoms with van der Waals surface area (Å²) >= 11 is 0. The number of hydrogen-bond donors (Lipinski definition) is 0. The van der Waals surface area contributed by atoms with Crippen LogP contribution >= 0.6 is 0 Å². The maximum absolute atomic E-state index is 2.41. The van der Waals surface area contributed by atoms with E-state index in [2.05, 4.69) is 180 Å². The van der Waals surface area contributed by atoms with Crippen molar-refractivity contribution in [2.45, 2.75) is 0 Å². The first kappa shape index (κ1) is 25.6. The summed E-state index contributed by atoms with van der Waals surface area (Å²) in [4.78, 5) is 0. The Kier molecular flexibility index (Phi) is 5.89. The van der Waals surface area contributed by atoms with E-state index >= 15 is 0 Å². The zero-order chi connectivity index (χ0) is 29.7. The quantitative estimate of drug-likeness (QED) is 0.185. The molecule has 0 fully saturated rings. The fourth-order valence-corrected chi connectivity index (χ4v) is 7.00. The number of benzene rings is 8. The second kappa shape index (κ2) is 10.4. The first-order valence-electron chi connectivity index (χ1n) is 15.5. The molecule has 210 valence electrons. The first-order valence-corrected chi connectivity index (χ1v) is 15.5. The van der Waals surface area contributed by atoms with Crippen LogP contribution in [0.3, 0.4) is 0 Å². The summed E-state index contributed by atoms with van der Waals surface area (Å²) in [6.45, 7) is 0. The van der Waals surface area contributed by atoms with Gasteiger partial charge >= 0.3 is 0 Å². The Morgan fingerprint density at radius 1 is 0.289 bits per heavy atom. The minimum absolute atomic E-state index is 1.16. The molecule has 0 saturated heterocycles. The van der Waals surface area contributed by atoms with E-state index in [1.165, 1.54) is 76.7 Å². The van der Waals surface area contributed by atoms with Crippen molar-refractivity contribution in [3.8, 4) is 39.1 Å². The highest BCUT2D eigenvalue weighted by atomic mass is 15.0. The van der Waals surface area contributed by atoms with E-state index in [4.69, 9.17) is 0 Å². The van der Waals surface area contributed by atoms with Gasteiger partial charge in [0.25, 0.3) is 0 Å². The Bertz CT molecular complexity index is 2410. The number of hydrogen-bond acceptors (Lipinski definition) is 0. The molecule has 0 saturated carbocycles. The van der Waals surface area contributed by atoms with Gasteiger partial charge in [-0.2, -0.15) is 0 Å². The molecule has 8 aromatic carbocycles. The van der Waals surface area contributed by atoms with Gasteiger partial charge in [-0.1, -0.05) is 133 Å². The number of aromatic nitrogens is 1. The summed E-state index contributed by atoms with van der Waals surface area (Å²) in [5.74, 6) is 0. The fraction of sp³-hybridized carbons (Fsp3) is 0. The lowest BCUT2D eigenvalue weighted by Crippen LogP contribution is -1.94. The molecule has 9 rings (SSSR count). The molecule has 1 heterocycles. The predicted octanol–water partition coefficient (Wildman–Crippen LogP) is 12.1. The lowest BCUT2D eigenvalue weighted by atomic mass is 9.93. The Morgan fingerprint density at radius 2 is 0.778 bits per heavy atom. The number of nitrogens with zero attached hydrogens (tertiary/aromatic N) is 1. The molecule has 0 atom stereocenters. The summed E-state index contributed by atoms with van der Waals surface area (Å²) in [5.41, 5.74) is 11.0. The van der Waals surface area contributed by atoms with E-state index in [9.17, 15) is 0 Å². The molecule has 9 aromatic rings. The van der Waals surface area contributed by atoms with Gasteiger partial charge in [0.15, 0.2) is 0 Å². The summed E-state index contributed by atoms with van der Waals surface area (Å²) in [5, 5.41) is 7.65. The molecule has 0 spiro atoms. The minimum atomic E-state index is 1.16.